The van der Waals surface area contributed by atoms with Gasteiger partial charge in [-0.3, -0.25) is 10.1 Å². The Morgan fingerprint density at radius 3 is 2.74 bits per heavy atom. The van der Waals surface area contributed by atoms with Crippen LogP contribution in [0.2, 0.25) is 0 Å². The topological polar surface area (TPSA) is 102 Å². The average molecular weight is 278 g/mol. The van der Waals surface area contributed by atoms with Gasteiger partial charge in [0.15, 0.2) is 0 Å². The number of anilines is 1. The first-order chi connectivity index (χ1) is 9.01. The van der Waals surface area contributed by atoms with E-state index in [1.807, 2.05) is 0 Å². The first-order valence-corrected chi connectivity index (χ1v) is 5.18. The van der Waals surface area contributed by atoms with E-state index >= 15 is 0 Å². The van der Waals surface area contributed by atoms with Crippen LogP contribution in [-0.2, 0) is 0 Å². The molecule has 0 aliphatic heterocycles. The number of aliphatic hydroxyl groups is 1. The molecular weight excluding hydrogens is 266 g/mol. The number of nitrogens with zero attached hydrogens (tertiary/aromatic N) is 4. The lowest BCUT2D eigenvalue weighted by molar-refractivity contribution is -0.385. The summed E-state index contributed by atoms with van der Waals surface area (Å²) in [6, 6.07) is 0. The monoisotopic (exact) mass is 278 g/mol. The standard InChI is InChI=1S/C9H12F2N4O4/c1-19-9-7(15(17)18)8(12-5-13-9)14(2-3-16)4-6(10)11/h5-6,16H,2-4H2,1H3. The Kier molecular flexibility index (Phi) is 5.30. The largest absolute Gasteiger partial charge is 0.476 e. The number of hydrogen-bond donors (Lipinski definition) is 1. The van der Waals surface area contributed by atoms with Crippen molar-refractivity contribution in [1.82, 2.24) is 9.97 Å². The van der Waals surface area contributed by atoms with Crippen molar-refractivity contribution in [3.05, 3.63) is 16.4 Å². The van der Waals surface area contributed by atoms with Crippen molar-refractivity contribution in [1.29, 1.82) is 0 Å². The number of hydrogen-bond acceptors (Lipinski definition) is 7. The molecule has 19 heavy (non-hydrogen) atoms. The van der Waals surface area contributed by atoms with E-state index in [9.17, 15) is 18.9 Å². The van der Waals surface area contributed by atoms with Crippen LogP contribution < -0.4 is 9.64 Å². The molecule has 8 nitrogen and oxygen atoms in total. The molecule has 1 heterocycles. The molecule has 1 aromatic rings. The number of ether oxygens (including phenoxy) is 1. The zero-order valence-corrected chi connectivity index (χ0v) is 9.99. The predicted molar refractivity (Wildman–Crippen MR) is 60.5 cm³/mol. The van der Waals surface area contributed by atoms with Crippen LogP contribution >= 0.6 is 0 Å². The Morgan fingerprint density at radius 2 is 2.26 bits per heavy atom. The summed E-state index contributed by atoms with van der Waals surface area (Å²) in [5.41, 5.74) is -0.612. The van der Waals surface area contributed by atoms with E-state index in [0.717, 1.165) is 11.2 Å². The average Bonchev–Trinajstić information content (AvgIpc) is 2.36. The van der Waals surface area contributed by atoms with Crippen molar-refractivity contribution in [2.45, 2.75) is 6.43 Å². The summed E-state index contributed by atoms with van der Waals surface area (Å²) in [6.07, 6.45) is -1.76. The molecule has 0 unspecified atom stereocenters. The molecule has 0 amide bonds. The maximum Gasteiger partial charge on any atom is 0.372 e. The van der Waals surface area contributed by atoms with E-state index in [2.05, 4.69) is 9.97 Å². The molecular formula is C9H12F2N4O4. The molecule has 0 bridgehead atoms. The summed E-state index contributed by atoms with van der Waals surface area (Å²) in [6.45, 7) is -1.46. The van der Waals surface area contributed by atoms with Crippen LogP contribution in [0.15, 0.2) is 6.33 Å². The Balaban J connectivity index is 3.24. The molecule has 0 aliphatic carbocycles. The zero-order chi connectivity index (χ0) is 14.4. The zero-order valence-electron chi connectivity index (χ0n) is 9.99. The van der Waals surface area contributed by atoms with Crippen LogP contribution in [0.1, 0.15) is 0 Å². The van der Waals surface area contributed by atoms with Crippen LogP contribution in [0.25, 0.3) is 0 Å². The van der Waals surface area contributed by atoms with Crippen molar-refractivity contribution in [2.75, 3.05) is 31.7 Å². The van der Waals surface area contributed by atoms with Crippen molar-refractivity contribution < 1.29 is 23.5 Å². The van der Waals surface area contributed by atoms with Gasteiger partial charge in [-0.05, 0) is 0 Å². The first-order valence-electron chi connectivity index (χ1n) is 5.18. The molecule has 0 saturated carbocycles. The molecule has 106 valence electrons. The van der Waals surface area contributed by atoms with Crippen molar-refractivity contribution >= 4 is 11.5 Å². The molecule has 0 saturated heterocycles. The van der Waals surface area contributed by atoms with E-state index < -0.39 is 30.2 Å². The van der Waals surface area contributed by atoms with E-state index in [0.29, 0.717) is 0 Å². The van der Waals surface area contributed by atoms with Gasteiger partial charge in [0, 0.05) is 6.54 Å². The highest BCUT2D eigenvalue weighted by Gasteiger charge is 2.28. The highest BCUT2D eigenvalue weighted by molar-refractivity contribution is 5.62. The van der Waals surface area contributed by atoms with Gasteiger partial charge in [-0.25, -0.2) is 13.8 Å². The molecule has 0 atom stereocenters. The normalized spacial score (nSPS) is 10.6. The minimum Gasteiger partial charge on any atom is -0.476 e. The third-order valence-corrected chi connectivity index (χ3v) is 2.17. The number of rotatable bonds is 7. The van der Waals surface area contributed by atoms with E-state index in [-0.39, 0.29) is 18.2 Å². The molecule has 0 spiro atoms. The molecule has 0 aliphatic rings. The van der Waals surface area contributed by atoms with Crippen molar-refractivity contribution in [3.8, 4) is 5.88 Å². The minimum absolute atomic E-state index is 0.217. The summed E-state index contributed by atoms with van der Waals surface area (Å²) in [5, 5.41) is 19.8. The number of methoxy groups -OCH3 is 1. The predicted octanol–water partition coefficient (Wildman–Crippen LogP) is 0.457. The summed E-state index contributed by atoms with van der Waals surface area (Å²) >= 11 is 0. The van der Waals surface area contributed by atoms with Crippen LogP contribution in [0.3, 0.4) is 0 Å². The molecule has 0 fully saturated rings. The van der Waals surface area contributed by atoms with Gasteiger partial charge in [0.05, 0.1) is 25.2 Å². The van der Waals surface area contributed by atoms with Gasteiger partial charge in [0.1, 0.15) is 6.33 Å². The smallest absolute Gasteiger partial charge is 0.372 e. The third kappa shape index (κ3) is 3.68. The quantitative estimate of drug-likeness (QED) is 0.571. The lowest BCUT2D eigenvalue weighted by Crippen LogP contribution is -2.33. The lowest BCUT2D eigenvalue weighted by Gasteiger charge is -2.21. The van der Waals surface area contributed by atoms with Gasteiger partial charge in [-0.2, -0.15) is 4.98 Å². The Bertz CT molecular complexity index is 446. The number of aliphatic hydroxyl groups excluding tert-OH is 1. The maximum absolute atomic E-state index is 12.4. The fourth-order valence-electron chi connectivity index (χ4n) is 1.47. The molecule has 0 aromatic carbocycles. The summed E-state index contributed by atoms with van der Waals surface area (Å²) in [4.78, 5) is 18.2. The van der Waals surface area contributed by atoms with Gasteiger partial charge in [0.2, 0.25) is 5.82 Å². The summed E-state index contributed by atoms with van der Waals surface area (Å²) in [5.74, 6) is -0.640. The Morgan fingerprint density at radius 1 is 1.58 bits per heavy atom. The molecule has 1 N–H and O–H groups in total. The van der Waals surface area contributed by atoms with Crippen LogP contribution in [-0.4, -0.2) is 53.2 Å². The second kappa shape index (κ2) is 6.73. The second-order valence-corrected chi connectivity index (χ2v) is 3.37. The molecule has 0 radical (unpaired) electrons. The fraction of sp³-hybridized carbons (Fsp3) is 0.556. The Hall–Kier alpha value is -2.10. The second-order valence-electron chi connectivity index (χ2n) is 3.37. The number of aromatic nitrogens is 2. The Labute approximate surface area is 106 Å². The van der Waals surface area contributed by atoms with Crippen LogP contribution in [0.5, 0.6) is 5.88 Å². The SMILES string of the molecule is COc1ncnc(N(CCO)CC(F)F)c1[N+](=O)[O-]. The van der Waals surface area contributed by atoms with Gasteiger partial charge < -0.3 is 14.7 Å². The molecule has 1 aromatic heterocycles. The van der Waals surface area contributed by atoms with Crippen molar-refractivity contribution in [2.24, 2.45) is 0 Å². The maximum atomic E-state index is 12.4. The van der Waals surface area contributed by atoms with Crippen molar-refractivity contribution in [3.63, 3.8) is 0 Å². The highest BCUT2D eigenvalue weighted by atomic mass is 19.3. The van der Waals surface area contributed by atoms with Crippen LogP contribution in [0.4, 0.5) is 20.3 Å². The lowest BCUT2D eigenvalue weighted by atomic mass is 10.4. The third-order valence-electron chi connectivity index (χ3n) is 2.17. The van der Waals surface area contributed by atoms with Gasteiger partial charge in [-0.1, -0.05) is 0 Å². The fourth-order valence-corrected chi connectivity index (χ4v) is 1.47. The van der Waals surface area contributed by atoms with E-state index in [4.69, 9.17) is 9.84 Å². The number of halogens is 2. The van der Waals surface area contributed by atoms with Crippen LogP contribution in [0, 0.1) is 10.1 Å². The number of nitro groups is 1. The molecule has 10 heteroatoms. The minimum atomic E-state index is -2.73. The summed E-state index contributed by atoms with van der Waals surface area (Å²) < 4.78 is 29.6. The van der Waals surface area contributed by atoms with Gasteiger partial charge >= 0.3 is 5.69 Å². The van der Waals surface area contributed by atoms with E-state index in [1.165, 1.54) is 7.11 Å². The highest BCUT2D eigenvalue weighted by Crippen LogP contribution is 2.33. The summed E-state index contributed by atoms with van der Waals surface area (Å²) in [7, 11) is 1.17. The molecule has 1 rings (SSSR count). The van der Waals surface area contributed by atoms with E-state index in [1.54, 1.807) is 0 Å². The van der Waals surface area contributed by atoms with Gasteiger partial charge in [-0.15, -0.1) is 0 Å². The first kappa shape index (κ1) is 15.0. The number of alkyl halides is 2. The van der Waals surface area contributed by atoms with Gasteiger partial charge in [0.25, 0.3) is 12.3 Å².